The Kier molecular flexibility index (Phi) is 8.73. The maximum Gasteiger partial charge on any atom is 0 e. The molecule has 1 aliphatic carbocycles. The first-order valence-corrected chi connectivity index (χ1v) is 10.7. The summed E-state index contributed by atoms with van der Waals surface area (Å²) in [5, 5.41) is 0. The fraction of sp³-hybridized carbons (Fsp3) is 0.345. The van der Waals surface area contributed by atoms with E-state index in [1.165, 1.54) is 55.6 Å². The number of hydrogen-bond acceptors (Lipinski definition) is 0. The van der Waals surface area contributed by atoms with E-state index in [4.69, 9.17) is 0 Å². The molecule has 1 unspecified atom stereocenters. The average Bonchev–Trinajstić information content (AvgIpc) is 3.18. The van der Waals surface area contributed by atoms with E-state index in [2.05, 4.69) is 103 Å². The van der Waals surface area contributed by atoms with Crippen LogP contribution in [-0.4, -0.2) is 0 Å². The third kappa shape index (κ3) is 5.35. The van der Waals surface area contributed by atoms with Gasteiger partial charge in [0.15, 0.2) is 0 Å². The third-order valence-electron chi connectivity index (χ3n) is 6.89. The van der Waals surface area contributed by atoms with Crippen molar-refractivity contribution in [1.82, 2.24) is 0 Å². The molecular weight excluding hydrogens is 527 g/mol. The molecule has 0 amide bonds. The molecule has 0 bridgehead atoms. The summed E-state index contributed by atoms with van der Waals surface area (Å²) in [6, 6.07) is 15.4. The largest absolute Gasteiger partial charge is 0.268 e. The van der Waals surface area contributed by atoms with Crippen LogP contribution in [0.25, 0.3) is 6.08 Å². The number of rotatable bonds is 3. The molecule has 1 atom stereocenters. The maximum absolute atomic E-state index is 3.52. The van der Waals surface area contributed by atoms with E-state index < -0.39 is 0 Å². The van der Waals surface area contributed by atoms with Gasteiger partial charge in [0.2, 0.25) is 0 Å². The van der Waals surface area contributed by atoms with Crippen molar-refractivity contribution in [3.8, 4) is 0 Å². The molecule has 0 aromatic heterocycles. The van der Waals surface area contributed by atoms with Gasteiger partial charge in [-0.25, -0.2) is 6.08 Å². The molecule has 30 heavy (non-hydrogen) atoms. The number of aryl methyl sites for hydroxylation is 3. The summed E-state index contributed by atoms with van der Waals surface area (Å²) < 4.78 is 0. The fourth-order valence-electron chi connectivity index (χ4n) is 4.17. The Bertz CT molecular complexity index is 938. The normalized spacial score (nSPS) is 14.0. The van der Waals surface area contributed by atoms with Gasteiger partial charge in [0.25, 0.3) is 0 Å². The zero-order chi connectivity index (χ0) is 21.1. The molecule has 0 nitrogen and oxygen atoms in total. The van der Waals surface area contributed by atoms with Crippen molar-refractivity contribution in [3.05, 3.63) is 104 Å². The summed E-state index contributed by atoms with van der Waals surface area (Å²) in [6.07, 6.45) is 7.96. The van der Waals surface area contributed by atoms with Gasteiger partial charge in [0.05, 0.1) is 0 Å². The maximum atomic E-state index is 3.52. The van der Waals surface area contributed by atoms with Crippen molar-refractivity contribution in [2.75, 3.05) is 0 Å². The molecule has 0 spiro atoms. The van der Waals surface area contributed by atoms with Gasteiger partial charge in [-0.15, -0.1) is 11.6 Å². The quantitative estimate of drug-likeness (QED) is 0.226. The van der Waals surface area contributed by atoms with Crippen molar-refractivity contribution in [2.45, 2.75) is 67.2 Å². The Labute approximate surface area is 202 Å². The molecule has 1 heteroatoms. The van der Waals surface area contributed by atoms with Crippen LogP contribution in [0.1, 0.15) is 68.0 Å². The monoisotopic (exact) mass is 562 g/mol. The molecule has 156 valence electrons. The molecule has 1 aliphatic rings. The number of benzene rings is 2. The van der Waals surface area contributed by atoms with Crippen molar-refractivity contribution in [2.24, 2.45) is 0 Å². The van der Waals surface area contributed by atoms with E-state index in [1.54, 1.807) is 0 Å². The predicted molar refractivity (Wildman–Crippen MR) is 127 cm³/mol. The van der Waals surface area contributed by atoms with E-state index in [0.717, 1.165) is 12.8 Å². The van der Waals surface area contributed by atoms with Gasteiger partial charge in [0.1, 0.15) is 0 Å². The first-order valence-electron chi connectivity index (χ1n) is 10.7. The van der Waals surface area contributed by atoms with Crippen LogP contribution in [0, 0.1) is 54.5 Å². The second-order valence-electron chi connectivity index (χ2n) is 8.58. The minimum atomic E-state index is 0. The van der Waals surface area contributed by atoms with E-state index in [1.807, 2.05) is 0 Å². The number of fused-ring (bicyclic) bond motifs is 1. The van der Waals surface area contributed by atoms with E-state index in [9.17, 15) is 0 Å². The van der Waals surface area contributed by atoms with Crippen LogP contribution in [0.3, 0.4) is 0 Å². The Balaban J connectivity index is 0.000000249. The zero-order valence-corrected chi connectivity index (χ0v) is 23.2. The van der Waals surface area contributed by atoms with Crippen LogP contribution >= 0.6 is 0 Å². The summed E-state index contributed by atoms with van der Waals surface area (Å²) >= 11 is 0. The Morgan fingerprint density at radius 1 is 0.833 bits per heavy atom. The molecule has 0 saturated heterocycles. The molecular formula is C29H34Hf-2. The summed E-state index contributed by atoms with van der Waals surface area (Å²) in [7, 11) is 0. The Morgan fingerprint density at radius 3 is 1.93 bits per heavy atom. The van der Waals surface area contributed by atoms with Gasteiger partial charge in [-0.1, -0.05) is 94.5 Å². The molecule has 0 saturated carbocycles. The van der Waals surface area contributed by atoms with E-state index in [-0.39, 0.29) is 25.8 Å². The number of hydrogen-bond donors (Lipinski definition) is 0. The van der Waals surface area contributed by atoms with Crippen LogP contribution in [0.5, 0.6) is 0 Å². The molecule has 3 aromatic carbocycles. The zero-order valence-electron chi connectivity index (χ0n) is 19.6. The summed E-state index contributed by atoms with van der Waals surface area (Å²) in [5.41, 5.74) is 14.3. The van der Waals surface area contributed by atoms with Crippen molar-refractivity contribution in [1.29, 1.82) is 0 Å². The van der Waals surface area contributed by atoms with Crippen molar-refractivity contribution >= 4 is 6.08 Å². The predicted octanol–water partition coefficient (Wildman–Crippen LogP) is 7.79. The van der Waals surface area contributed by atoms with Gasteiger partial charge in [0, 0.05) is 25.8 Å². The number of allylic oxidation sites excluding steroid dienone is 1. The van der Waals surface area contributed by atoms with Crippen molar-refractivity contribution in [3.63, 3.8) is 0 Å². The Hall–Kier alpha value is -1.60. The smallest absolute Gasteiger partial charge is 0 e. The van der Waals surface area contributed by atoms with Gasteiger partial charge >= 0.3 is 0 Å². The van der Waals surface area contributed by atoms with Crippen LogP contribution in [0.15, 0.2) is 42.5 Å². The molecule has 0 N–H and O–H groups in total. The van der Waals surface area contributed by atoms with Crippen LogP contribution in [-0.2, 0) is 32.3 Å². The molecule has 0 fully saturated rings. The van der Waals surface area contributed by atoms with Gasteiger partial charge in [-0.05, 0) is 25.8 Å². The van der Waals surface area contributed by atoms with Gasteiger partial charge in [-0.3, -0.25) is 6.08 Å². The standard InChI is InChI=1S/C19H19.C10H15.Hf/c1-14-12-18-11-10-17(19(18)13-15(14)2)9-8-16-6-4-3-5-7-16;1-6-7(2)9(4)10(5)8(6)3;/h3-7,11-13,17H,8-9H2,1-2H3;1-5H3;/q2*-1;. The molecule has 3 aromatic rings. The second-order valence-corrected chi connectivity index (χ2v) is 8.58. The van der Waals surface area contributed by atoms with Crippen LogP contribution in [0.2, 0.25) is 0 Å². The Morgan fingerprint density at radius 2 is 1.40 bits per heavy atom. The first kappa shape index (κ1) is 24.7. The SMILES string of the molecule is Cc1c(C)c(C)[c-](C)c1C.Cc1cc2c(cc1C)C(CCc1ccccc1)[C-]=C2.[Hf]. The minimum Gasteiger partial charge on any atom is -0.268 e. The topological polar surface area (TPSA) is 0 Å². The van der Waals surface area contributed by atoms with Gasteiger partial charge < -0.3 is 0 Å². The molecule has 0 heterocycles. The average molecular weight is 561 g/mol. The van der Waals surface area contributed by atoms with E-state index >= 15 is 0 Å². The molecule has 0 aliphatic heterocycles. The van der Waals surface area contributed by atoms with E-state index in [0.29, 0.717) is 5.92 Å². The second kappa shape index (κ2) is 10.6. The minimum absolute atomic E-state index is 0. The van der Waals surface area contributed by atoms with Crippen molar-refractivity contribution < 1.29 is 25.8 Å². The van der Waals surface area contributed by atoms with Crippen LogP contribution in [0.4, 0.5) is 0 Å². The summed E-state index contributed by atoms with van der Waals surface area (Å²) in [5.74, 6) is 0.467. The fourth-order valence-corrected chi connectivity index (χ4v) is 4.17. The summed E-state index contributed by atoms with van der Waals surface area (Å²) in [4.78, 5) is 0. The third-order valence-corrected chi connectivity index (χ3v) is 6.89. The van der Waals surface area contributed by atoms with Gasteiger partial charge in [-0.2, -0.15) is 33.4 Å². The van der Waals surface area contributed by atoms with Crippen LogP contribution < -0.4 is 0 Å². The molecule has 0 radical (unpaired) electrons. The summed E-state index contributed by atoms with van der Waals surface area (Å²) in [6.45, 7) is 15.4. The molecule has 4 rings (SSSR count). The first-order chi connectivity index (χ1) is 13.8.